The van der Waals surface area contributed by atoms with Gasteiger partial charge in [-0.1, -0.05) is 0 Å². The number of piperidine rings is 2. The van der Waals surface area contributed by atoms with Crippen molar-refractivity contribution >= 4 is 11.7 Å². The van der Waals surface area contributed by atoms with Crippen LogP contribution in [0.5, 0.6) is 0 Å². The van der Waals surface area contributed by atoms with Crippen molar-refractivity contribution in [3.8, 4) is 5.82 Å². The number of amides is 1. The minimum atomic E-state index is 0.0731. The summed E-state index contributed by atoms with van der Waals surface area (Å²) in [5.41, 5.74) is 2.02. The first-order chi connectivity index (χ1) is 13.1. The van der Waals surface area contributed by atoms with Crippen LogP contribution >= 0.6 is 0 Å². The number of nitrogens with zero attached hydrogens (tertiary/aromatic N) is 6. The molecule has 2 aliphatic rings. The topological polar surface area (TPSA) is 67.2 Å². The van der Waals surface area contributed by atoms with Crippen LogP contribution in [0, 0.1) is 19.8 Å². The number of carbonyl (C=O) groups is 1. The number of aromatic nitrogens is 4. The first-order valence-corrected chi connectivity index (χ1v) is 10.0. The molecule has 2 saturated heterocycles. The predicted octanol–water partition coefficient (Wildman–Crippen LogP) is 2.51. The lowest BCUT2D eigenvalue weighted by atomic mass is 9.95. The minimum absolute atomic E-state index is 0.0731. The molecular weight excluding hydrogens is 340 g/mol. The molecule has 7 heteroatoms. The second-order valence-corrected chi connectivity index (χ2v) is 7.74. The zero-order valence-corrected chi connectivity index (χ0v) is 16.3. The lowest BCUT2D eigenvalue weighted by Gasteiger charge is -2.36. The number of rotatable bonds is 3. The summed E-state index contributed by atoms with van der Waals surface area (Å²) in [5.74, 6) is 2.05. The third-order valence-electron chi connectivity index (χ3n) is 5.63. The van der Waals surface area contributed by atoms with Crippen molar-refractivity contribution in [2.45, 2.75) is 46.0 Å². The average Bonchev–Trinajstić information content (AvgIpc) is 3.06. The van der Waals surface area contributed by atoms with Gasteiger partial charge < -0.3 is 9.80 Å². The largest absolute Gasteiger partial charge is 0.356 e. The number of hydrogen-bond donors (Lipinski definition) is 0. The molecule has 0 aliphatic carbocycles. The van der Waals surface area contributed by atoms with Crippen LogP contribution in [0.4, 0.5) is 5.82 Å². The highest BCUT2D eigenvalue weighted by atomic mass is 16.2. The first kappa shape index (κ1) is 17.9. The molecular formula is C20H28N6O. The zero-order chi connectivity index (χ0) is 18.8. The molecule has 0 aromatic carbocycles. The summed E-state index contributed by atoms with van der Waals surface area (Å²) in [6.45, 7) is 7.51. The van der Waals surface area contributed by atoms with Crippen LogP contribution in [0.2, 0.25) is 0 Å². The number of carbonyl (C=O) groups excluding carboxylic acids is 1. The van der Waals surface area contributed by atoms with Crippen molar-refractivity contribution in [3.05, 3.63) is 29.8 Å². The summed E-state index contributed by atoms with van der Waals surface area (Å²) in [6.07, 6.45) is 7.11. The zero-order valence-electron chi connectivity index (χ0n) is 16.3. The number of likely N-dealkylation sites (tertiary alicyclic amines) is 1. The highest BCUT2D eigenvalue weighted by Gasteiger charge is 2.30. The monoisotopic (exact) mass is 368 g/mol. The van der Waals surface area contributed by atoms with Crippen LogP contribution in [-0.4, -0.2) is 56.7 Å². The van der Waals surface area contributed by atoms with E-state index in [4.69, 9.17) is 0 Å². The maximum Gasteiger partial charge on any atom is 0.227 e. The van der Waals surface area contributed by atoms with Crippen LogP contribution in [-0.2, 0) is 4.79 Å². The quantitative estimate of drug-likeness (QED) is 0.833. The lowest BCUT2D eigenvalue weighted by molar-refractivity contribution is -0.136. The molecule has 2 aliphatic heterocycles. The van der Waals surface area contributed by atoms with Gasteiger partial charge in [0, 0.05) is 37.9 Å². The van der Waals surface area contributed by atoms with Gasteiger partial charge in [-0.2, -0.15) is 5.10 Å². The Morgan fingerprint density at radius 3 is 2.52 bits per heavy atom. The Morgan fingerprint density at radius 2 is 1.78 bits per heavy atom. The Balaban J connectivity index is 1.50. The van der Waals surface area contributed by atoms with Crippen LogP contribution in [0.1, 0.15) is 43.5 Å². The van der Waals surface area contributed by atoms with E-state index in [9.17, 15) is 4.79 Å². The standard InChI is InChI=1S/C20H28N6O/c1-15-11-16(2)26(23-15)19-12-18(21-14-22-19)25-10-6-7-17(13-25)20(27)24-8-4-3-5-9-24/h11-12,14,17H,3-10,13H2,1-2H3. The second kappa shape index (κ2) is 7.66. The minimum Gasteiger partial charge on any atom is -0.356 e. The predicted molar refractivity (Wildman–Crippen MR) is 104 cm³/mol. The molecule has 1 atom stereocenters. The van der Waals surface area contributed by atoms with E-state index in [2.05, 4.69) is 24.9 Å². The SMILES string of the molecule is Cc1cc(C)n(-c2cc(N3CCCC(C(=O)N4CCCCC4)C3)ncn2)n1. The fourth-order valence-corrected chi connectivity index (χ4v) is 4.25. The van der Waals surface area contributed by atoms with Crippen molar-refractivity contribution < 1.29 is 4.79 Å². The van der Waals surface area contributed by atoms with Gasteiger partial charge in [-0.15, -0.1) is 0 Å². The van der Waals surface area contributed by atoms with Gasteiger partial charge in [0.05, 0.1) is 11.6 Å². The molecule has 1 unspecified atom stereocenters. The highest BCUT2D eigenvalue weighted by molar-refractivity contribution is 5.79. The Hall–Kier alpha value is -2.44. The van der Waals surface area contributed by atoms with Crippen LogP contribution < -0.4 is 4.90 Å². The van der Waals surface area contributed by atoms with Crippen molar-refractivity contribution in [2.24, 2.45) is 5.92 Å². The molecule has 2 aromatic heterocycles. The van der Waals surface area contributed by atoms with Crippen LogP contribution in [0.3, 0.4) is 0 Å². The van der Waals surface area contributed by atoms with E-state index < -0.39 is 0 Å². The average molecular weight is 368 g/mol. The van der Waals surface area contributed by atoms with Gasteiger partial charge in [0.25, 0.3) is 0 Å². The van der Waals surface area contributed by atoms with E-state index in [0.717, 1.165) is 74.9 Å². The fourth-order valence-electron chi connectivity index (χ4n) is 4.25. The number of anilines is 1. The summed E-state index contributed by atoms with van der Waals surface area (Å²) >= 11 is 0. The number of hydrogen-bond acceptors (Lipinski definition) is 5. The van der Waals surface area contributed by atoms with E-state index in [-0.39, 0.29) is 5.92 Å². The summed E-state index contributed by atoms with van der Waals surface area (Å²) in [4.78, 5) is 26.1. The summed E-state index contributed by atoms with van der Waals surface area (Å²) < 4.78 is 1.85. The van der Waals surface area contributed by atoms with Gasteiger partial charge in [-0.3, -0.25) is 4.79 Å². The van der Waals surface area contributed by atoms with E-state index in [1.807, 2.05) is 30.7 Å². The summed E-state index contributed by atoms with van der Waals surface area (Å²) in [5, 5.41) is 4.52. The molecule has 0 saturated carbocycles. The first-order valence-electron chi connectivity index (χ1n) is 10.0. The highest BCUT2D eigenvalue weighted by Crippen LogP contribution is 2.25. The summed E-state index contributed by atoms with van der Waals surface area (Å²) in [6, 6.07) is 4.02. The third-order valence-corrected chi connectivity index (χ3v) is 5.63. The van der Waals surface area contributed by atoms with Gasteiger partial charge >= 0.3 is 0 Å². The van der Waals surface area contributed by atoms with Crippen molar-refractivity contribution in [1.29, 1.82) is 0 Å². The van der Waals surface area contributed by atoms with Gasteiger partial charge in [-0.05, 0) is 52.0 Å². The normalized spacial score (nSPS) is 20.7. The van der Waals surface area contributed by atoms with Gasteiger partial charge in [0.1, 0.15) is 12.1 Å². The van der Waals surface area contributed by atoms with Crippen molar-refractivity contribution in [2.75, 3.05) is 31.1 Å². The third kappa shape index (κ3) is 3.82. The molecule has 0 N–H and O–H groups in total. The van der Waals surface area contributed by atoms with Gasteiger partial charge in [-0.25, -0.2) is 14.6 Å². The molecule has 0 spiro atoms. The molecule has 27 heavy (non-hydrogen) atoms. The molecule has 2 aromatic rings. The number of aryl methyl sites for hydroxylation is 2. The van der Waals surface area contributed by atoms with E-state index in [0.29, 0.717) is 5.91 Å². The Bertz CT molecular complexity index is 811. The van der Waals surface area contributed by atoms with E-state index in [1.54, 1.807) is 6.33 Å². The van der Waals surface area contributed by atoms with Crippen LogP contribution in [0.15, 0.2) is 18.5 Å². The van der Waals surface area contributed by atoms with E-state index >= 15 is 0 Å². The van der Waals surface area contributed by atoms with Crippen LogP contribution in [0.25, 0.3) is 5.82 Å². The molecule has 7 nitrogen and oxygen atoms in total. The molecule has 2 fully saturated rings. The second-order valence-electron chi connectivity index (χ2n) is 7.74. The molecule has 144 valence electrons. The molecule has 0 bridgehead atoms. The Morgan fingerprint density at radius 1 is 1.00 bits per heavy atom. The maximum absolute atomic E-state index is 12.9. The van der Waals surface area contributed by atoms with Gasteiger partial charge in [0.2, 0.25) is 5.91 Å². The maximum atomic E-state index is 12.9. The fraction of sp³-hybridized carbons (Fsp3) is 0.600. The molecule has 1 amide bonds. The van der Waals surface area contributed by atoms with Crippen molar-refractivity contribution in [3.63, 3.8) is 0 Å². The summed E-state index contributed by atoms with van der Waals surface area (Å²) in [7, 11) is 0. The Kier molecular flexibility index (Phi) is 5.09. The smallest absolute Gasteiger partial charge is 0.227 e. The molecule has 0 radical (unpaired) electrons. The molecule has 4 rings (SSSR count). The Labute approximate surface area is 160 Å². The van der Waals surface area contributed by atoms with Crippen molar-refractivity contribution in [1.82, 2.24) is 24.6 Å². The van der Waals surface area contributed by atoms with E-state index in [1.165, 1.54) is 6.42 Å². The lowest BCUT2D eigenvalue weighted by Crippen LogP contribution is -2.46. The molecule has 4 heterocycles. The van der Waals surface area contributed by atoms with Gasteiger partial charge in [0.15, 0.2) is 5.82 Å².